The predicted molar refractivity (Wildman–Crippen MR) is 85.8 cm³/mol. The van der Waals surface area contributed by atoms with Gasteiger partial charge in [0.25, 0.3) is 0 Å². The number of carbonyl (C=O) groups is 2. The molecule has 0 bridgehead atoms. The smallest absolute Gasteiger partial charge is 0.408 e. The molecule has 124 valence electrons. The van der Waals surface area contributed by atoms with Crippen LogP contribution in [0.15, 0.2) is 12.1 Å². The Labute approximate surface area is 135 Å². The SMILES string of the molecule is CCOc1cc(C=O)cc(C#CCNC(=O)OC(C)(C)C)c1O. The molecule has 23 heavy (non-hydrogen) atoms. The maximum Gasteiger partial charge on any atom is 0.408 e. The number of aromatic hydroxyl groups is 1. The van der Waals surface area contributed by atoms with Crippen molar-refractivity contribution in [1.29, 1.82) is 0 Å². The number of hydrogen-bond donors (Lipinski definition) is 2. The zero-order valence-corrected chi connectivity index (χ0v) is 13.7. The minimum absolute atomic E-state index is 0.0453. The van der Waals surface area contributed by atoms with Crippen molar-refractivity contribution in [3.63, 3.8) is 0 Å². The first-order chi connectivity index (χ1) is 10.8. The van der Waals surface area contributed by atoms with Gasteiger partial charge < -0.3 is 19.9 Å². The summed E-state index contributed by atoms with van der Waals surface area (Å²) in [5.74, 6) is 5.44. The molecule has 0 aliphatic rings. The Morgan fingerprint density at radius 3 is 2.65 bits per heavy atom. The Bertz CT molecular complexity index is 635. The van der Waals surface area contributed by atoms with Gasteiger partial charge in [-0.1, -0.05) is 11.8 Å². The molecule has 0 fully saturated rings. The number of amides is 1. The van der Waals surface area contributed by atoms with Gasteiger partial charge in [0.15, 0.2) is 11.5 Å². The van der Waals surface area contributed by atoms with Crippen molar-refractivity contribution in [2.45, 2.75) is 33.3 Å². The van der Waals surface area contributed by atoms with Gasteiger partial charge in [0.2, 0.25) is 0 Å². The summed E-state index contributed by atoms with van der Waals surface area (Å²) >= 11 is 0. The largest absolute Gasteiger partial charge is 0.503 e. The minimum atomic E-state index is -0.583. The van der Waals surface area contributed by atoms with Gasteiger partial charge in [0, 0.05) is 5.56 Å². The molecule has 0 spiro atoms. The van der Waals surface area contributed by atoms with E-state index < -0.39 is 11.7 Å². The Balaban J connectivity index is 2.80. The third-order valence-corrected chi connectivity index (χ3v) is 2.48. The molecule has 1 aromatic carbocycles. The second-order valence-corrected chi connectivity index (χ2v) is 5.62. The van der Waals surface area contributed by atoms with Crippen molar-refractivity contribution in [3.05, 3.63) is 23.3 Å². The summed E-state index contributed by atoms with van der Waals surface area (Å²) in [5, 5.41) is 12.5. The zero-order valence-electron chi connectivity index (χ0n) is 13.7. The number of phenolic OH excluding ortho intramolecular Hbond substituents is 1. The van der Waals surface area contributed by atoms with Gasteiger partial charge >= 0.3 is 6.09 Å². The highest BCUT2D eigenvalue weighted by atomic mass is 16.6. The van der Waals surface area contributed by atoms with Gasteiger partial charge in [-0.05, 0) is 39.8 Å². The second kappa shape index (κ2) is 8.08. The van der Waals surface area contributed by atoms with Gasteiger partial charge in [-0.15, -0.1) is 0 Å². The number of rotatable bonds is 4. The number of aldehydes is 1. The summed E-state index contributed by atoms with van der Waals surface area (Å²) < 4.78 is 10.3. The Morgan fingerprint density at radius 1 is 1.39 bits per heavy atom. The normalized spacial score (nSPS) is 10.3. The van der Waals surface area contributed by atoms with Crippen molar-refractivity contribution in [2.24, 2.45) is 0 Å². The van der Waals surface area contributed by atoms with E-state index >= 15 is 0 Å². The molecule has 0 atom stereocenters. The van der Waals surface area contributed by atoms with Crippen LogP contribution in [0.1, 0.15) is 43.6 Å². The number of benzene rings is 1. The molecule has 1 amide bonds. The van der Waals surface area contributed by atoms with Crippen molar-refractivity contribution < 1.29 is 24.2 Å². The summed E-state index contributed by atoms with van der Waals surface area (Å²) in [4.78, 5) is 22.4. The molecule has 1 aromatic rings. The molecular formula is C17H21NO5. The molecule has 6 nitrogen and oxygen atoms in total. The highest BCUT2D eigenvalue weighted by molar-refractivity contribution is 5.78. The monoisotopic (exact) mass is 319 g/mol. The van der Waals surface area contributed by atoms with E-state index in [2.05, 4.69) is 17.2 Å². The summed E-state index contributed by atoms with van der Waals surface area (Å²) in [6.07, 6.45) is 0.0687. The predicted octanol–water partition coefficient (Wildman–Crippen LogP) is 2.48. The third-order valence-electron chi connectivity index (χ3n) is 2.48. The molecular weight excluding hydrogens is 298 g/mol. The average molecular weight is 319 g/mol. The summed E-state index contributed by atoms with van der Waals surface area (Å²) in [6, 6.07) is 2.89. The van der Waals surface area contributed by atoms with Crippen molar-refractivity contribution in [1.82, 2.24) is 5.32 Å². The first-order valence-electron chi connectivity index (χ1n) is 7.17. The van der Waals surface area contributed by atoms with E-state index in [0.717, 1.165) is 0 Å². The highest BCUT2D eigenvalue weighted by Gasteiger charge is 2.15. The Morgan fingerprint density at radius 2 is 2.09 bits per heavy atom. The number of nitrogens with one attached hydrogen (secondary N) is 1. The fourth-order valence-corrected chi connectivity index (χ4v) is 1.63. The van der Waals surface area contributed by atoms with Gasteiger partial charge in [-0.25, -0.2) is 4.79 Å². The first kappa shape index (κ1) is 18.4. The van der Waals surface area contributed by atoms with Gasteiger partial charge in [0.1, 0.15) is 11.9 Å². The highest BCUT2D eigenvalue weighted by Crippen LogP contribution is 2.30. The van der Waals surface area contributed by atoms with Crippen LogP contribution in [0.2, 0.25) is 0 Å². The van der Waals surface area contributed by atoms with E-state index in [0.29, 0.717) is 18.5 Å². The lowest BCUT2D eigenvalue weighted by Gasteiger charge is -2.19. The maximum absolute atomic E-state index is 11.5. The van der Waals surface area contributed by atoms with E-state index in [1.165, 1.54) is 12.1 Å². The maximum atomic E-state index is 11.5. The first-order valence-corrected chi connectivity index (χ1v) is 7.17. The molecule has 0 aliphatic carbocycles. The summed E-state index contributed by atoms with van der Waals surface area (Å²) in [5.41, 5.74) is 0.0141. The molecule has 1 rings (SSSR count). The lowest BCUT2D eigenvalue weighted by molar-refractivity contribution is 0.0535. The van der Waals surface area contributed by atoms with E-state index in [1.807, 2.05) is 0 Å². The van der Waals surface area contributed by atoms with Gasteiger partial charge in [-0.2, -0.15) is 0 Å². The molecule has 0 unspecified atom stereocenters. The quantitative estimate of drug-likeness (QED) is 0.658. The lowest BCUT2D eigenvalue weighted by Crippen LogP contribution is -2.32. The second-order valence-electron chi connectivity index (χ2n) is 5.62. The van der Waals surface area contributed by atoms with E-state index in [-0.39, 0.29) is 23.6 Å². The van der Waals surface area contributed by atoms with Crippen LogP contribution in [0.3, 0.4) is 0 Å². The van der Waals surface area contributed by atoms with E-state index in [4.69, 9.17) is 9.47 Å². The number of alkyl carbamates (subject to hydrolysis) is 1. The molecule has 2 N–H and O–H groups in total. The standard InChI is InChI=1S/C17H21NO5/c1-5-22-14-10-12(11-19)9-13(15(14)20)7-6-8-18-16(21)23-17(2,3)4/h9-11,20H,5,8H2,1-4H3,(H,18,21). The van der Waals surface area contributed by atoms with Crippen LogP contribution in [0.25, 0.3) is 0 Å². The van der Waals surface area contributed by atoms with E-state index in [9.17, 15) is 14.7 Å². The fraction of sp³-hybridized carbons (Fsp3) is 0.412. The average Bonchev–Trinajstić information content (AvgIpc) is 2.45. The Hall–Kier alpha value is -2.68. The molecule has 0 aliphatic heterocycles. The van der Waals surface area contributed by atoms with Gasteiger partial charge in [0.05, 0.1) is 18.7 Å². The van der Waals surface area contributed by atoms with Crippen molar-refractivity contribution in [2.75, 3.05) is 13.2 Å². The summed E-state index contributed by atoms with van der Waals surface area (Å²) in [7, 11) is 0. The topological polar surface area (TPSA) is 84.9 Å². The zero-order chi connectivity index (χ0) is 17.5. The number of carbonyl (C=O) groups excluding carboxylic acids is 2. The number of phenols is 1. The van der Waals surface area contributed by atoms with Crippen LogP contribution >= 0.6 is 0 Å². The van der Waals surface area contributed by atoms with E-state index in [1.54, 1.807) is 27.7 Å². The van der Waals surface area contributed by atoms with Crippen LogP contribution in [0.5, 0.6) is 11.5 Å². The molecule has 0 heterocycles. The van der Waals surface area contributed by atoms with Crippen LogP contribution in [-0.4, -0.2) is 36.2 Å². The van der Waals surface area contributed by atoms with Gasteiger partial charge in [-0.3, -0.25) is 4.79 Å². The molecule has 0 saturated heterocycles. The third kappa shape index (κ3) is 6.30. The fourth-order valence-electron chi connectivity index (χ4n) is 1.63. The number of ether oxygens (including phenoxy) is 2. The molecule has 6 heteroatoms. The van der Waals surface area contributed by atoms with Crippen LogP contribution in [0, 0.1) is 11.8 Å². The van der Waals surface area contributed by atoms with Crippen LogP contribution in [-0.2, 0) is 4.74 Å². The minimum Gasteiger partial charge on any atom is -0.503 e. The lowest BCUT2D eigenvalue weighted by atomic mass is 10.1. The number of hydrogen-bond acceptors (Lipinski definition) is 5. The van der Waals surface area contributed by atoms with Crippen molar-refractivity contribution >= 4 is 12.4 Å². The molecule has 0 saturated carbocycles. The van der Waals surface area contributed by atoms with Crippen molar-refractivity contribution in [3.8, 4) is 23.3 Å². The summed E-state index contributed by atoms with van der Waals surface area (Å²) in [6.45, 7) is 7.44. The Kier molecular flexibility index (Phi) is 6.46. The van der Waals surface area contributed by atoms with Crippen LogP contribution < -0.4 is 10.1 Å². The molecule has 0 radical (unpaired) electrons. The van der Waals surface area contributed by atoms with Crippen LogP contribution in [0.4, 0.5) is 4.79 Å². The molecule has 0 aromatic heterocycles.